The van der Waals surface area contributed by atoms with Gasteiger partial charge in [-0.2, -0.15) is 13.2 Å². The number of alkyl halides is 3. The Bertz CT molecular complexity index is 1350. The molecule has 0 spiro atoms. The van der Waals surface area contributed by atoms with E-state index in [0.29, 0.717) is 16.2 Å². The van der Waals surface area contributed by atoms with Gasteiger partial charge in [0, 0.05) is 17.3 Å². The van der Waals surface area contributed by atoms with Crippen LogP contribution in [0.5, 0.6) is 0 Å². The highest BCUT2D eigenvalue weighted by molar-refractivity contribution is 7.74. The van der Waals surface area contributed by atoms with Gasteiger partial charge in [0.05, 0.1) is 16.2 Å². The van der Waals surface area contributed by atoms with Crippen molar-refractivity contribution in [1.29, 1.82) is 0 Å². The maximum Gasteiger partial charge on any atom is 0.416 e. The van der Waals surface area contributed by atoms with Crippen LogP contribution >= 0.6 is 7.37 Å². The third kappa shape index (κ3) is 5.75. The maximum absolute atomic E-state index is 14.4. The monoisotopic (exact) mass is 507 g/mol. The van der Waals surface area contributed by atoms with Crippen molar-refractivity contribution in [3.05, 3.63) is 138 Å². The van der Waals surface area contributed by atoms with E-state index >= 15 is 0 Å². The summed E-state index contributed by atoms with van der Waals surface area (Å²) in [6.07, 6.45) is -3.23. The van der Waals surface area contributed by atoms with Crippen LogP contribution in [0, 0.1) is 0 Å². The predicted molar refractivity (Wildman–Crippen MR) is 134 cm³/mol. The molecule has 0 saturated carbocycles. The summed E-state index contributed by atoms with van der Waals surface area (Å²) in [5.74, 6) is -0.512. The van der Waals surface area contributed by atoms with E-state index in [0.717, 1.165) is 24.3 Å². The number of benzene rings is 4. The number of carbonyl (C=O) groups is 1. The molecule has 4 aromatic carbocycles. The van der Waals surface area contributed by atoms with Gasteiger partial charge < -0.3 is 9.84 Å². The minimum Gasteiger partial charge on any atom is -0.435 e. The molecule has 0 fully saturated rings. The lowest BCUT2D eigenvalue weighted by molar-refractivity contribution is -0.137. The summed E-state index contributed by atoms with van der Waals surface area (Å²) >= 11 is 0. The lowest BCUT2D eigenvalue weighted by atomic mass is 10.1. The Morgan fingerprint density at radius 3 is 1.64 bits per heavy atom. The Kier molecular flexibility index (Phi) is 7.41. The molecule has 1 amide bonds. The minimum absolute atomic E-state index is 0.0287. The second kappa shape index (κ2) is 10.7. The van der Waals surface area contributed by atoms with Gasteiger partial charge >= 0.3 is 13.5 Å². The molecule has 0 bridgehead atoms. The number of carbonyl (C=O) groups excluding carboxylic acids is 1. The van der Waals surface area contributed by atoms with Gasteiger partial charge in [0.2, 0.25) is 0 Å². The molecule has 1 N–H and O–H groups in total. The molecule has 4 rings (SSSR count). The fourth-order valence-corrected chi connectivity index (χ4v) is 5.50. The average Bonchev–Trinajstić information content (AvgIpc) is 2.92. The van der Waals surface area contributed by atoms with Gasteiger partial charge in [-0.15, -0.1) is 0 Å². The lowest BCUT2D eigenvalue weighted by Gasteiger charge is -2.22. The number of amides is 1. The molecule has 0 aliphatic heterocycles. The third-order valence-corrected chi connectivity index (χ3v) is 7.70. The zero-order chi connectivity index (χ0) is 25.6. The molecular formula is C28H21F3NO3P. The number of hydrogen-bond acceptors (Lipinski definition) is 3. The SMILES string of the molecule is O=C(NC=C(OP(=O)(c1ccccc1)c1ccccc1)c1ccccc1)c1ccc(C(F)(F)F)cc1. The Labute approximate surface area is 206 Å². The number of halogens is 3. The topological polar surface area (TPSA) is 55.4 Å². The van der Waals surface area contributed by atoms with Gasteiger partial charge in [-0.1, -0.05) is 66.7 Å². The first-order valence-electron chi connectivity index (χ1n) is 10.9. The standard InChI is InChI=1S/C28H21F3NO3P/c29-28(30,31)23-18-16-22(17-19-23)27(33)32-20-26(21-10-4-1-5-11-21)35-36(34,24-12-6-2-7-13-24)25-14-8-3-9-15-25/h1-20H,(H,32,33). The van der Waals surface area contributed by atoms with E-state index in [-0.39, 0.29) is 11.3 Å². The zero-order valence-electron chi connectivity index (χ0n) is 18.9. The molecule has 0 aliphatic rings. The quantitative estimate of drug-likeness (QED) is 0.233. The highest BCUT2D eigenvalue weighted by Crippen LogP contribution is 2.48. The van der Waals surface area contributed by atoms with Crippen molar-refractivity contribution >= 4 is 29.6 Å². The molecule has 0 atom stereocenters. The van der Waals surface area contributed by atoms with Crippen molar-refractivity contribution in [3.8, 4) is 0 Å². The summed E-state index contributed by atoms with van der Waals surface area (Å²) in [6.45, 7) is 0. The van der Waals surface area contributed by atoms with Gasteiger partial charge in [-0.25, -0.2) is 0 Å². The van der Waals surface area contributed by atoms with Crippen LogP contribution in [-0.2, 0) is 15.3 Å². The van der Waals surface area contributed by atoms with Gasteiger partial charge in [-0.3, -0.25) is 9.36 Å². The Balaban J connectivity index is 1.69. The maximum atomic E-state index is 14.4. The first-order chi connectivity index (χ1) is 17.3. The highest BCUT2D eigenvalue weighted by atomic mass is 31.2. The molecule has 0 heterocycles. The van der Waals surface area contributed by atoms with Crippen molar-refractivity contribution in [2.24, 2.45) is 0 Å². The summed E-state index contributed by atoms with van der Waals surface area (Å²) < 4.78 is 59.1. The van der Waals surface area contributed by atoms with Crippen LogP contribution in [0.4, 0.5) is 13.2 Å². The van der Waals surface area contributed by atoms with Crippen LogP contribution in [0.1, 0.15) is 21.5 Å². The Hall–Kier alpha value is -4.09. The molecule has 36 heavy (non-hydrogen) atoms. The lowest BCUT2D eigenvalue weighted by Crippen LogP contribution is -2.20. The van der Waals surface area contributed by atoms with Gasteiger partial charge in [0.1, 0.15) is 0 Å². The molecule has 0 aliphatic carbocycles. The number of nitrogens with one attached hydrogen (secondary N) is 1. The van der Waals surface area contributed by atoms with Crippen molar-refractivity contribution < 1.29 is 27.1 Å². The van der Waals surface area contributed by atoms with Gasteiger partial charge in [0.25, 0.3) is 5.91 Å². The van der Waals surface area contributed by atoms with E-state index in [9.17, 15) is 22.5 Å². The smallest absolute Gasteiger partial charge is 0.416 e. The molecule has 8 heteroatoms. The summed E-state index contributed by atoms with van der Waals surface area (Å²) in [5, 5.41) is 3.48. The molecule has 0 radical (unpaired) electrons. The van der Waals surface area contributed by atoms with Crippen LogP contribution in [0.3, 0.4) is 0 Å². The molecule has 182 valence electrons. The van der Waals surface area contributed by atoms with Crippen LogP contribution in [0.15, 0.2) is 121 Å². The predicted octanol–water partition coefficient (Wildman–Crippen LogP) is 6.38. The minimum atomic E-state index is -4.50. The third-order valence-electron chi connectivity index (χ3n) is 5.29. The summed E-state index contributed by atoms with van der Waals surface area (Å²) in [6, 6.07) is 30.1. The van der Waals surface area contributed by atoms with E-state index in [1.165, 1.54) is 6.20 Å². The first kappa shape index (κ1) is 25.0. The van der Waals surface area contributed by atoms with Crippen molar-refractivity contribution in [3.63, 3.8) is 0 Å². The molecule has 0 unspecified atom stereocenters. The van der Waals surface area contributed by atoms with E-state index < -0.39 is 25.0 Å². The zero-order valence-corrected chi connectivity index (χ0v) is 19.7. The molecule has 0 saturated heterocycles. The van der Waals surface area contributed by atoms with E-state index in [1.54, 1.807) is 91.0 Å². The van der Waals surface area contributed by atoms with Gasteiger partial charge in [0.15, 0.2) is 5.76 Å². The fourth-order valence-electron chi connectivity index (χ4n) is 3.43. The summed E-state index contributed by atoms with van der Waals surface area (Å²) in [7, 11) is -3.65. The van der Waals surface area contributed by atoms with E-state index in [1.807, 2.05) is 0 Å². The number of rotatable bonds is 7. The van der Waals surface area contributed by atoms with Crippen LogP contribution in [-0.4, -0.2) is 5.91 Å². The second-order valence-electron chi connectivity index (χ2n) is 7.74. The van der Waals surface area contributed by atoms with Crippen LogP contribution < -0.4 is 15.9 Å². The fraction of sp³-hybridized carbons (Fsp3) is 0.0357. The molecule has 4 nitrogen and oxygen atoms in total. The largest absolute Gasteiger partial charge is 0.435 e. The van der Waals surface area contributed by atoms with Gasteiger partial charge in [-0.05, 0) is 48.5 Å². The Morgan fingerprint density at radius 2 is 1.17 bits per heavy atom. The summed E-state index contributed by atoms with van der Waals surface area (Å²) in [5.41, 5.74) is -0.271. The summed E-state index contributed by atoms with van der Waals surface area (Å²) in [4.78, 5) is 12.7. The average molecular weight is 507 g/mol. The van der Waals surface area contributed by atoms with Crippen molar-refractivity contribution in [2.45, 2.75) is 6.18 Å². The second-order valence-corrected chi connectivity index (χ2v) is 10.1. The molecule has 4 aromatic rings. The molecular weight excluding hydrogens is 486 g/mol. The molecule has 0 aromatic heterocycles. The van der Waals surface area contributed by atoms with Crippen molar-refractivity contribution in [2.75, 3.05) is 0 Å². The Morgan fingerprint density at radius 1 is 0.694 bits per heavy atom. The van der Waals surface area contributed by atoms with Crippen molar-refractivity contribution in [1.82, 2.24) is 5.32 Å². The van der Waals surface area contributed by atoms with E-state index in [2.05, 4.69) is 5.32 Å². The normalized spacial score (nSPS) is 12.1. The van der Waals surface area contributed by atoms with Crippen LogP contribution in [0.2, 0.25) is 0 Å². The van der Waals surface area contributed by atoms with Crippen LogP contribution in [0.25, 0.3) is 5.76 Å². The number of hydrogen-bond donors (Lipinski definition) is 1. The highest BCUT2D eigenvalue weighted by Gasteiger charge is 2.32. The first-order valence-corrected chi connectivity index (χ1v) is 12.5. The van der Waals surface area contributed by atoms with E-state index in [4.69, 9.17) is 4.52 Å².